The van der Waals surface area contributed by atoms with Crippen molar-refractivity contribution in [3.63, 3.8) is 0 Å². The number of aliphatic imine (C=N–C) groups is 1. The minimum atomic E-state index is 0.458. The summed E-state index contributed by atoms with van der Waals surface area (Å²) >= 11 is 0. The lowest BCUT2D eigenvalue weighted by molar-refractivity contribution is 0.479. The van der Waals surface area contributed by atoms with E-state index in [0.29, 0.717) is 5.90 Å². The first-order valence-electron chi connectivity index (χ1n) is 8.89. The molecule has 0 aliphatic heterocycles. The van der Waals surface area contributed by atoms with Crippen LogP contribution in [0, 0.1) is 20.8 Å². The van der Waals surface area contributed by atoms with E-state index < -0.39 is 0 Å². The first kappa shape index (κ1) is 18.5. The Balaban J connectivity index is 1.87. The fraction of sp³-hybridized carbons (Fsp3) is 0.125. The van der Waals surface area contributed by atoms with Crippen molar-refractivity contribution < 1.29 is 9.47 Å². The van der Waals surface area contributed by atoms with Crippen LogP contribution in [0.1, 0.15) is 16.7 Å². The third-order valence-corrected chi connectivity index (χ3v) is 4.27. The van der Waals surface area contributed by atoms with E-state index in [4.69, 9.17) is 9.47 Å². The lowest BCUT2D eigenvalue weighted by atomic mass is 10.0. The van der Waals surface area contributed by atoms with Gasteiger partial charge in [-0.05, 0) is 73.9 Å². The summed E-state index contributed by atoms with van der Waals surface area (Å²) < 4.78 is 11.6. The molecule has 0 bridgehead atoms. The zero-order valence-corrected chi connectivity index (χ0v) is 15.8. The Morgan fingerprint density at radius 2 is 1.33 bits per heavy atom. The van der Waals surface area contributed by atoms with E-state index in [1.165, 1.54) is 16.7 Å². The highest BCUT2D eigenvalue weighted by atomic mass is 16.5. The molecule has 0 amide bonds. The van der Waals surface area contributed by atoms with Gasteiger partial charge in [-0.3, -0.25) is 0 Å². The summed E-state index contributed by atoms with van der Waals surface area (Å²) in [6.07, 6.45) is 3.32. The van der Waals surface area contributed by atoms with Crippen molar-refractivity contribution in [1.29, 1.82) is 0 Å². The summed E-state index contributed by atoms with van der Waals surface area (Å²) in [5.74, 6) is 1.94. The molecule has 3 aromatic rings. The molecule has 0 fully saturated rings. The molecule has 3 rings (SSSR count). The molecule has 3 heteroatoms. The van der Waals surface area contributed by atoms with Gasteiger partial charge in [-0.1, -0.05) is 36.4 Å². The van der Waals surface area contributed by atoms with Crippen molar-refractivity contribution in [3.8, 4) is 11.5 Å². The van der Waals surface area contributed by atoms with Crippen molar-refractivity contribution >= 4 is 11.6 Å². The van der Waals surface area contributed by atoms with Crippen LogP contribution in [-0.4, -0.2) is 5.90 Å². The second-order valence-corrected chi connectivity index (χ2v) is 6.30. The van der Waals surface area contributed by atoms with Gasteiger partial charge in [0.1, 0.15) is 11.5 Å². The number of para-hydroxylation sites is 2. The molecule has 3 aromatic carbocycles. The second kappa shape index (κ2) is 8.86. The number of hydrogen-bond donors (Lipinski definition) is 0. The maximum atomic E-state index is 5.95. The average Bonchev–Trinajstić information content (AvgIpc) is 2.67. The normalized spacial score (nSPS) is 11.6. The molecule has 27 heavy (non-hydrogen) atoms. The number of hydrogen-bond acceptors (Lipinski definition) is 3. The number of nitrogens with zero attached hydrogens (tertiary/aromatic N) is 1. The molecule has 3 nitrogen and oxygen atoms in total. The predicted octanol–water partition coefficient (Wildman–Crippen LogP) is 6.31. The first-order valence-corrected chi connectivity index (χ1v) is 8.89. The summed E-state index contributed by atoms with van der Waals surface area (Å²) in [6.45, 7) is 6.30. The molecule has 0 aromatic heterocycles. The molecular weight excluding hydrogens is 334 g/mol. The van der Waals surface area contributed by atoms with Gasteiger partial charge in [0, 0.05) is 6.08 Å². The van der Waals surface area contributed by atoms with Crippen molar-refractivity contribution in [2.45, 2.75) is 20.8 Å². The van der Waals surface area contributed by atoms with Crippen LogP contribution in [-0.2, 0) is 0 Å². The second-order valence-electron chi connectivity index (χ2n) is 6.30. The van der Waals surface area contributed by atoms with E-state index in [-0.39, 0.29) is 0 Å². The third kappa shape index (κ3) is 5.32. The Morgan fingerprint density at radius 1 is 0.778 bits per heavy atom. The van der Waals surface area contributed by atoms with Crippen molar-refractivity contribution in [2.75, 3.05) is 0 Å². The Hall–Kier alpha value is -3.33. The van der Waals surface area contributed by atoms with Crippen LogP contribution in [0.15, 0.2) is 90.1 Å². The van der Waals surface area contributed by atoms with Gasteiger partial charge >= 0.3 is 0 Å². The molecule has 0 N–H and O–H groups in total. The molecule has 0 aliphatic rings. The van der Waals surface area contributed by atoms with Crippen molar-refractivity contribution in [1.82, 2.24) is 0 Å². The molecule has 136 valence electrons. The highest BCUT2D eigenvalue weighted by Crippen LogP contribution is 2.22. The quantitative estimate of drug-likeness (QED) is 0.304. The summed E-state index contributed by atoms with van der Waals surface area (Å²) in [5, 5.41) is 0. The largest absolute Gasteiger partial charge is 0.465 e. The predicted molar refractivity (Wildman–Crippen MR) is 111 cm³/mol. The Labute approximate surface area is 160 Å². The maximum Gasteiger partial charge on any atom is 0.222 e. The average molecular weight is 357 g/mol. The van der Waals surface area contributed by atoms with E-state index in [1.807, 2.05) is 60.7 Å². The first-order chi connectivity index (χ1) is 13.1. The lowest BCUT2D eigenvalue weighted by Gasteiger charge is -2.09. The molecule has 0 spiro atoms. The molecule has 0 saturated carbocycles. The van der Waals surface area contributed by atoms with Gasteiger partial charge < -0.3 is 9.47 Å². The van der Waals surface area contributed by atoms with Crippen molar-refractivity contribution in [3.05, 3.63) is 102 Å². The Morgan fingerprint density at radius 3 is 1.93 bits per heavy atom. The zero-order valence-electron chi connectivity index (χ0n) is 15.8. The van der Waals surface area contributed by atoms with Gasteiger partial charge in [-0.15, -0.1) is 0 Å². The van der Waals surface area contributed by atoms with Gasteiger partial charge in [-0.25, -0.2) is 4.99 Å². The molecule has 0 radical (unpaired) electrons. The number of ether oxygens (including phenoxy) is 2. The number of aryl methyl sites for hydroxylation is 2. The molecule has 0 aliphatic carbocycles. The van der Waals surface area contributed by atoms with Crippen LogP contribution < -0.4 is 9.47 Å². The van der Waals surface area contributed by atoms with Crippen molar-refractivity contribution in [2.24, 2.45) is 4.99 Å². The highest BCUT2D eigenvalue weighted by molar-refractivity contribution is 5.91. The summed E-state index contributed by atoms with van der Waals surface area (Å²) in [5.41, 5.74) is 4.54. The minimum absolute atomic E-state index is 0.458. The SMILES string of the molecule is Cc1cc(N=C(C=COc2ccccc2)Oc2ccccc2)cc(C)c1C. The van der Waals surface area contributed by atoms with E-state index in [9.17, 15) is 0 Å². The summed E-state index contributed by atoms with van der Waals surface area (Å²) in [7, 11) is 0. The maximum absolute atomic E-state index is 5.95. The Kier molecular flexibility index (Phi) is 6.06. The minimum Gasteiger partial charge on any atom is -0.465 e. The molecule has 0 unspecified atom stereocenters. The zero-order chi connectivity index (χ0) is 19.1. The van der Waals surface area contributed by atoms with Gasteiger partial charge in [0.2, 0.25) is 5.90 Å². The van der Waals surface area contributed by atoms with Crippen LogP contribution in [0.5, 0.6) is 11.5 Å². The van der Waals surface area contributed by atoms with Gasteiger partial charge in [0.25, 0.3) is 0 Å². The van der Waals surface area contributed by atoms with Gasteiger partial charge in [0.15, 0.2) is 0 Å². The van der Waals surface area contributed by atoms with Crippen LogP contribution in [0.3, 0.4) is 0 Å². The van der Waals surface area contributed by atoms with E-state index in [0.717, 1.165) is 17.2 Å². The highest BCUT2D eigenvalue weighted by Gasteiger charge is 2.04. The van der Waals surface area contributed by atoms with Crippen LogP contribution in [0.25, 0.3) is 0 Å². The third-order valence-electron chi connectivity index (χ3n) is 4.27. The Bertz CT molecular complexity index is 922. The fourth-order valence-corrected chi connectivity index (χ4v) is 2.58. The molecule has 0 heterocycles. The smallest absolute Gasteiger partial charge is 0.222 e. The van der Waals surface area contributed by atoms with E-state index in [1.54, 1.807) is 12.3 Å². The number of benzene rings is 3. The standard InChI is InChI=1S/C24H23NO2/c1-18-16-21(17-19(2)20(18)3)25-24(27-23-12-8-5-9-13-23)14-15-26-22-10-6-4-7-11-22/h4-17H,1-3H3. The summed E-state index contributed by atoms with van der Waals surface area (Å²) in [6, 6.07) is 23.3. The number of rotatable bonds is 5. The van der Waals surface area contributed by atoms with E-state index >= 15 is 0 Å². The van der Waals surface area contributed by atoms with E-state index in [2.05, 4.69) is 37.9 Å². The summed E-state index contributed by atoms with van der Waals surface area (Å²) in [4.78, 5) is 4.68. The monoisotopic (exact) mass is 357 g/mol. The molecule has 0 saturated heterocycles. The van der Waals surface area contributed by atoms with Gasteiger partial charge in [0.05, 0.1) is 11.9 Å². The molecule has 0 atom stereocenters. The van der Waals surface area contributed by atoms with Gasteiger partial charge in [-0.2, -0.15) is 0 Å². The van der Waals surface area contributed by atoms with Crippen LogP contribution in [0.4, 0.5) is 5.69 Å². The van der Waals surface area contributed by atoms with Crippen LogP contribution in [0.2, 0.25) is 0 Å². The fourth-order valence-electron chi connectivity index (χ4n) is 2.58. The molecular formula is C24H23NO2. The van der Waals surface area contributed by atoms with Crippen LogP contribution >= 0.6 is 0 Å². The lowest BCUT2D eigenvalue weighted by Crippen LogP contribution is -2.05. The topological polar surface area (TPSA) is 30.8 Å².